The maximum Gasteiger partial charge on any atom is 0.308 e. The number of rotatable bonds is 8. The summed E-state index contributed by atoms with van der Waals surface area (Å²) >= 11 is 5.09. The Balaban J connectivity index is 1.31. The van der Waals surface area contributed by atoms with Crippen LogP contribution < -0.4 is 9.47 Å². The van der Waals surface area contributed by atoms with Crippen LogP contribution in [0, 0.1) is 11.8 Å². The van der Waals surface area contributed by atoms with Crippen LogP contribution in [-0.2, 0) is 21.4 Å². The Morgan fingerprint density at radius 1 is 1.29 bits per heavy atom. The number of likely N-dealkylation sites (tertiary alicyclic amines) is 1. The maximum absolute atomic E-state index is 14.0. The summed E-state index contributed by atoms with van der Waals surface area (Å²) in [6.07, 6.45) is 8.44. The van der Waals surface area contributed by atoms with E-state index in [4.69, 9.17) is 9.47 Å². The van der Waals surface area contributed by atoms with Gasteiger partial charge in [0.1, 0.15) is 6.10 Å². The first-order chi connectivity index (χ1) is 20.1. The van der Waals surface area contributed by atoms with Crippen molar-refractivity contribution in [3.05, 3.63) is 50.1 Å². The number of hydrogen-bond acceptors (Lipinski definition) is 7. The van der Waals surface area contributed by atoms with Crippen LogP contribution in [0.25, 0.3) is 6.08 Å². The predicted molar refractivity (Wildman–Crippen MR) is 166 cm³/mol. The highest BCUT2D eigenvalue weighted by Crippen LogP contribution is 2.66. The van der Waals surface area contributed by atoms with Gasteiger partial charge >= 0.3 is 5.97 Å². The lowest BCUT2D eigenvalue weighted by atomic mass is 9.48. The first-order valence-corrected chi connectivity index (χ1v) is 17.0. The minimum atomic E-state index is -0.986. The average Bonchev–Trinajstić information content (AvgIpc) is 3.54. The van der Waals surface area contributed by atoms with Gasteiger partial charge in [-0.15, -0.1) is 11.3 Å². The summed E-state index contributed by atoms with van der Waals surface area (Å²) in [6.45, 7) is 8.18. The summed E-state index contributed by atoms with van der Waals surface area (Å²) < 4.78 is 13.6. The third kappa shape index (κ3) is 4.49. The zero-order valence-electron chi connectivity index (χ0n) is 24.5. The molecular weight excluding hydrogens is 616 g/mol. The lowest BCUT2D eigenvalue weighted by Crippen LogP contribution is -2.78. The molecule has 0 unspecified atom stereocenters. The number of piperidine rings is 1. The van der Waals surface area contributed by atoms with E-state index in [1.165, 1.54) is 25.3 Å². The van der Waals surface area contributed by atoms with Crippen molar-refractivity contribution in [2.45, 2.75) is 88.5 Å². The van der Waals surface area contributed by atoms with Crippen molar-refractivity contribution in [3.8, 4) is 11.5 Å². The lowest BCUT2D eigenvalue weighted by molar-refractivity contribution is -0.201. The molecule has 224 valence electrons. The number of carbonyl (C=O) groups is 2. The second kappa shape index (κ2) is 10.5. The number of benzene rings is 1. The zero-order valence-corrected chi connectivity index (χ0v) is 26.9. The Labute approximate surface area is 260 Å². The summed E-state index contributed by atoms with van der Waals surface area (Å²) in [6, 6.07) is 5.71. The molecule has 2 saturated carbocycles. The molecule has 3 heterocycles. The summed E-state index contributed by atoms with van der Waals surface area (Å²) in [7, 11) is 0. The van der Waals surface area contributed by atoms with Crippen molar-refractivity contribution in [3.63, 3.8) is 0 Å². The number of nitrogens with zero attached hydrogens (tertiary/aromatic N) is 2. The molecule has 7 nitrogen and oxygen atoms in total. The van der Waals surface area contributed by atoms with E-state index in [0.717, 1.165) is 46.8 Å². The maximum atomic E-state index is 14.0. The SMILES string of the molecule is CC(=O)Oc1ccc2c3c1O[C@H]1[C@H](N(CC(C)C)C(=O)/C=C/c4cc(Br)cs4)CC[C@@]4(O)[C@@H](C2)N(CC2CC2)CC[C@]314. The smallest absolute Gasteiger partial charge is 0.308 e. The number of thiophene rings is 1. The normalized spacial score (nSPS) is 31.2. The van der Waals surface area contributed by atoms with Crippen LogP contribution in [0.1, 0.15) is 68.9 Å². The Hall–Kier alpha value is -2.20. The molecule has 1 N–H and O–H groups in total. The molecule has 5 aliphatic rings. The number of aliphatic hydroxyl groups is 1. The second-order valence-corrected chi connectivity index (χ2v) is 15.2. The van der Waals surface area contributed by atoms with Gasteiger partial charge in [0.2, 0.25) is 5.91 Å². The van der Waals surface area contributed by atoms with Gasteiger partial charge in [0.15, 0.2) is 11.5 Å². The molecule has 9 heteroatoms. The van der Waals surface area contributed by atoms with Crippen molar-refractivity contribution < 1.29 is 24.2 Å². The quantitative estimate of drug-likeness (QED) is 0.228. The molecule has 2 bridgehead atoms. The third-order valence-corrected chi connectivity index (χ3v) is 11.9. The summed E-state index contributed by atoms with van der Waals surface area (Å²) in [5.74, 6) is 1.54. The average molecular weight is 656 g/mol. The molecule has 0 radical (unpaired) electrons. The minimum absolute atomic E-state index is 0.00310. The molecule has 1 aromatic heterocycles. The summed E-state index contributed by atoms with van der Waals surface area (Å²) in [5, 5.41) is 14.9. The van der Waals surface area contributed by atoms with E-state index in [1.54, 1.807) is 17.4 Å². The van der Waals surface area contributed by atoms with Crippen LogP contribution in [0.15, 0.2) is 34.1 Å². The van der Waals surface area contributed by atoms with Crippen molar-refractivity contribution in [1.82, 2.24) is 9.80 Å². The van der Waals surface area contributed by atoms with Crippen LogP contribution >= 0.6 is 27.3 Å². The molecule has 5 atom stereocenters. The fourth-order valence-electron chi connectivity index (χ4n) is 8.45. The van der Waals surface area contributed by atoms with E-state index < -0.39 is 23.1 Å². The molecule has 2 aromatic rings. The van der Waals surface area contributed by atoms with Gasteiger partial charge in [-0.3, -0.25) is 14.5 Å². The molecular formula is C33H39BrN2O5S. The highest BCUT2D eigenvalue weighted by atomic mass is 79.9. The molecule has 3 fully saturated rings. The van der Waals surface area contributed by atoms with Gasteiger partial charge in [0, 0.05) is 52.4 Å². The number of amides is 1. The number of esters is 1. The highest BCUT2D eigenvalue weighted by Gasteiger charge is 2.73. The molecule has 7 rings (SSSR count). The van der Waals surface area contributed by atoms with E-state index in [0.29, 0.717) is 30.9 Å². The standard InChI is InChI=1S/C33H39BrN2O5S/c1-19(2)16-36(28(38)9-7-24-15-23(34)18-42-24)25-10-11-33(39)27-14-22-6-8-26(40-20(3)37)30-29(22)32(33,31(25)41-30)12-13-35(27)17-21-4-5-21/h6-9,15,18-19,21,25,27,31,39H,4-5,10-14,16-17H2,1-3H3/b9-7+/t25-,27-,31+,32+,33-/m1/s1. The van der Waals surface area contributed by atoms with E-state index in [-0.39, 0.29) is 23.9 Å². The molecule has 1 aromatic carbocycles. The number of hydrogen-bond donors (Lipinski definition) is 1. The second-order valence-electron chi connectivity index (χ2n) is 13.4. The molecule has 1 saturated heterocycles. The van der Waals surface area contributed by atoms with Crippen LogP contribution in [0.4, 0.5) is 0 Å². The van der Waals surface area contributed by atoms with Crippen LogP contribution in [0.5, 0.6) is 11.5 Å². The predicted octanol–water partition coefficient (Wildman–Crippen LogP) is 5.57. The van der Waals surface area contributed by atoms with Gasteiger partial charge in [0.25, 0.3) is 0 Å². The Bertz CT molecular complexity index is 1450. The molecule has 1 amide bonds. The van der Waals surface area contributed by atoms with Crippen LogP contribution in [-0.4, -0.2) is 70.2 Å². The Morgan fingerprint density at radius 2 is 2.10 bits per heavy atom. The van der Waals surface area contributed by atoms with E-state index >= 15 is 0 Å². The monoisotopic (exact) mass is 654 g/mol. The van der Waals surface area contributed by atoms with Gasteiger partial charge in [-0.05, 0) is 96.6 Å². The fraction of sp³-hybridized carbons (Fsp3) is 0.576. The van der Waals surface area contributed by atoms with Gasteiger partial charge in [0.05, 0.1) is 17.1 Å². The van der Waals surface area contributed by atoms with Crippen molar-refractivity contribution in [1.29, 1.82) is 0 Å². The molecule has 3 aliphatic carbocycles. The highest BCUT2D eigenvalue weighted by molar-refractivity contribution is 9.10. The van der Waals surface area contributed by atoms with E-state index in [9.17, 15) is 14.7 Å². The number of halogens is 1. The van der Waals surface area contributed by atoms with E-state index in [1.807, 2.05) is 28.5 Å². The third-order valence-electron chi connectivity index (χ3n) is 10.2. The number of carbonyl (C=O) groups excluding carboxylic acids is 2. The topological polar surface area (TPSA) is 79.3 Å². The first-order valence-electron chi connectivity index (χ1n) is 15.3. The van der Waals surface area contributed by atoms with Gasteiger partial charge in [-0.25, -0.2) is 0 Å². The largest absolute Gasteiger partial charge is 0.483 e. The Kier molecular flexibility index (Phi) is 7.11. The summed E-state index contributed by atoms with van der Waals surface area (Å²) in [5.41, 5.74) is 0.526. The van der Waals surface area contributed by atoms with Crippen LogP contribution in [0.2, 0.25) is 0 Å². The van der Waals surface area contributed by atoms with Crippen LogP contribution in [0.3, 0.4) is 0 Å². The van der Waals surface area contributed by atoms with Gasteiger partial charge in [-0.2, -0.15) is 0 Å². The van der Waals surface area contributed by atoms with E-state index in [2.05, 4.69) is 40.7 Å². The van der Waals surface area contributed by atoms with Crippen molar-refractivity contribution in [2.24, 2.45) is 11.8 Å². The Morgan fingerprint density at radius 3 is 2.79 bits per heavy atom. The van der Waals surface area contributed by atoms with Gasteiger partial charge in [-0.1, -0.05) is 19.9 Å². The van der Waals surface area contributed by atoms with Crippen molar-refractivity contribution >= 4 is 45.2 Å². The summed E-state index contributed by atoms with van der Waals surface area (Å²) in [4.78, 5) is 31.6. The van der Waals surface area contributed by atoms with Gasteiger partial charge < -0.3 is 19.5 Å². The fourth-order valence-corrected chi connectivity index (χ4v) is 9.78. The molecule has 42 heavy (non-hydrogen) atoms. The minimum Gasteiger partial charge on any atom is -0.483 e. The zero-order chi connectivity index (χ0) is 29.4. The molecule has 2 aliphatic heterocycles. The van der Waals surface area contributed by atoms with Crippen molar-refractivity contribution in [2.75, 3.05) is 19.6 Å². The lowest BCUT2D eigenvalue weighted by Gasteiger charge is -2.65. The number of ether oxygens (including phenoxy) is 2. The molecule has 1 spiro atoms. The first kappa shape index (κ1) is 28.6.